The first-order valence-electron chi connectivity index (χ1n) is 8.98. The first kappa shape index (κ1) is 16.0. The Morgan fingerprint density at radius 1 is 1.29 bits per heavy atom. The topological polar surface area (TPSA) is 88.2 Å². The molecule has 5 nitrogen and oxygen atoms in total. The van der Waals surface area contributed by atoms with Gasteiger partial charge in [0, 0.05) is 11.1 Å². The summed E-state index contributed by atoms with van der Waals surface area (Å²) in [6.45, 7) is 3.35. The number of aliphatic hydroxyl groups is 1. The van der Waals surface area contributed by atoms with Gasteiger partial charge < -0.3 is 16.2 Å². The number of pyridine rings is 1. The van der Waals surface area contributed by atoms with E-state index in [0.717, 1.165) is 32.1 Å². The highest BCUT2D eigenvalue weighted by molar-refractivity contribution is 5.92. The largest absolute Gasteiger partial charge is 0.384 e. The summed E-state index contributed by atoms with van der Waals surface area (Å²) < 4.78 is 0. The van der Waals surface area contributed by atoms with Crippen LogP contribution in [-0.2, 0) is 5.60 Å². The minimum atomic E-state index is -1.06. The van der Waals surface area contributed by atoms with Gasteiger partial charge in [-0.05, 0) is 76.3 Å². The summed E-state index contributed by atoms with van der Waals surface area (Å²) in [6, 6.07) is 5.24. The average Bonchev–Trinajstić information content (AvgIpc) is 2.43. The van der Waals surface area contributed by atoms with Crippen molar-refractivity contribution in [3.63, 3.8) is 0 Å². The number of hydrogen-bond donors (Lipinski definition) is 3. The lowest BCUT2D eigenvalue weighted by molar-refractivity contribution is -0.0321. The zero-order valence-electron chi connectivity index (χ0n) is 14.5. The summed E-state index contributed by atoms with van der Waals surface area (Å²) in [4.78, 5) is 17.2. The number of rotatable bonds is 3. The van der Waals surface area contributed by atoms with Crippen molar-refractivity contribution in [3.05, 3.63) is 29.6 Å². The van der Waals surface area contributed by atoms with Gasteiger partial charge in [0.1, 0.15) is 11.3 Å². The molecule has 4 saturated carbocycles. The van der Waals surface area contributed by atoms with Crippen molar-refractivity contribution >= 4 is 5.91 Å². The lowest BCUT2D eigenvalue weighted by Gasteiger charge is -2.61. The second kappa shape index (κ2) is 5.02. The van der Waals surface area contributed by atoms with E-state index in [0.29, 0.717) is 23.2 Å². The summed E-state index contributed by atoms with van der Waals surface area (Å²) in [5.74, 6) is 1.14. The average molecular weight is 329 g/mol. The Balaban J connectivity index is 1.57. The van der Waals surface area contributed by atoms with E-state index in [1.165, 1.54) is 6.42 Å². The second-order valence-corrected chi connectivity index (χ2v) is 9.02. The van der Waals surface area contributed by atoms with E-state index in [2.05, 4.69) is 10.3 Å². The minimum absolute atomic E-state index is 0.0975. The number of nitrogens with zero attached hydrogens (tertiary/aromatic N) is 1. The molecule has 5 rings (SSSR count). The van der Waals surface area contributed by atoms with Crippen molar-refractivity contribution in [2.75, 3.05) is 0 Å². The smallest absolute Gasteiger partial charge is 0.270 e. The van der Waals surface area contributed by atoms with E-state index in [1.54, 1.807) is 32.0 Å². The number of nitrogens with one attached hydrogen (secondary N) is 1. The van der Waals surface area contributed by atoms with Crippen LogP contribution in [-0.4, -0.2) is 27.1 Å². The van der Waals surface area contributed by atoms with Gasteiger partial charge in [-0.25, -0.2) is 4.98 Å². The van der Waals surface area contributed by atoms with Crippen molar-refractivity contribution in [2.45, 2.75) is 69.1 Å². The van der Waals surface area contributed by atoms with Crippen LogP contribution in [0.1, 0.15) is 68.6 Å². The van der Waals surface area contributed by atoms with Crippen LogP contribution in [0.3, 0.4) is 0 Å². The Bertz CT molecular complexity index is 665. The number of carbonyl (C=O) groups is 1. The third kappa shape index (κ3) is 2.74. The summed E-state index contributed by atoms with van der Waals surface area (Å²) >= 11 is 0. The quantitative estimate of drug-likeness (QED) is 0.792. The molecule has 0 aliphatic heterocycles. The SMILES string of the molecule is CC(C)(O)c1cccc(C(=O)NC23CC4CC(CC(N)(C4)C2)C3)n1. The monoisotopic (exact) mass is 329 g/mol. The van der Waals surface area contributed by atoms with Crippen LogP contribution in [0.4, 0.5) is 0 Å². The fraction of sp³-hybridized carbons (Fsp3) is 0.684. The molecule has 4 N–H and O–H groups in total. The third-order valence-corrected chi connectivity index (χ3v) is 6.09. The maximum atomic E-state index is 12.8. The maximum Gasteiger partial charge on any atom is 0.270 e. The molecule has 4 bridgehead atoms. The molecule has 0 aromatic carbocycles. The molecule has 1 heterocycles. The first-order chi connectivity index (χ1) is 11.2. The standard InChI is InChI=1S/C19H27N3O2/c1-17(2,24)15-5-3-4-14(21-15)16(23)22-19-9-12-6-13(10-19)8-18(20,7-12)11-19/h3-5,12-13,24H,6-11,20H2,1-2H3,(H,22,23). The van der Waals surface area contributed by atoms with E-state index < -0.39 is 5.60 Å². The molecule has 130 valence electrons. The van der Waals surface area contributed by atoms with Crippen LogP contribution < -0.4 is 11.1 Å². The van der Waals surface area contributed by atoms with Gasteiger partial charge >= 0.3 is 0 Å². The molecular weight excluding hydrogens is 302 g/mol. The molecule has 4 aliphatic rings. The van der Waals surface area contributed by atoms with Crippen molar-refractivity contribution < 1.29 is 9.90 Å². The molecule has 1 amide bonds. The van der Waals surface area contributed by atoms with E-state index in [4.69, 9.17) is 5.73 Å². The van der Waals surface area contributed by atoms with Crippen LogP contribution in [0.5, 0.6) is 0 Å². The van der Waals surface area contributed by atoms with Crippen molar-refractivity contribution in [1.29, 1.82) is 0 Å². The zero-order chi connectivity index (χ0) is 17.2. The maximum absolute atomic E-state index is 12.8. The Kier molecular flexibility index (Phi) is 3.35. The predicted octanol–water partition coefficient (Wildman–Crippen LogP) is 2.09. The molecule has 0 spiro atoms. The highest BCUT2D eigenvalue weighted by Gasteiger charge is 2.56. The van der Waals surface area contributed by atoms with Crippen LogP contribution in [0.25, 0.3) is 0 Å². The van der Waals surface area contributed by atoms with Gasteiger partial charge in [0.2, 0.25) is 0 Å². The number of hydrogen-bond acceptors (Lipinski definition) is 4. The molecule has 1 aromatic heterocycles. The zero-order valence-corrected chi connectivity index (χ0v) is 14.5. The Labute approximate surface area is 143 Å². The summed E-state index contributed by atoms with van der Waals surface area (Å²) in [5, 5.41) is 13.4. The summed E-state index contributed by atoms with van der Waals surface area (Å²) in [5.41, 5.74) is 6.16. The molecule has 5 heteroatoms. The molecule has 0 saturated heterocycles. The lowest BCUT2D eigenvalue weighted by atomic mass is 9.50. The van der Waals surface area contributed by atoms with E-state index in [-0.39, 0.29) is 17.0 Å². The molecule has 4 fully saturated rings. The highest BCUT2D eigenvalue weighted by Crippen LogP contribution is 2.56. The van der Waals surface area contributed by atoms with Gasteiger partial charge in [-0.3, -0.25) is 4.79 Å². The third-order valence-electron chi connectivity index (χ3n) is 6.09. The van der Waals surface area contributed by atoms with Gasteiger partial charge in [-0.15, -0.1) is 0 Å². The van der Waals surface area contributed by atoms with Gasteiger partial charge in [-0.1, -0.05) is 6.07 Å². The summed E-state index contributed by atoms with van der Waals surface area (Å²) in [7, 11) is 0. The van der Waals surface area contributed by atoms with Crippen LogP contribution in [0, 0.1) is 11.8 Å². The van der Waals surface area contributed by atoms with E-state index >= 15 is 0 Å². The minimum Gasteiger partial charge on any atom is -0.384 e. The van der Waals surface area contributed by atoms with Crippen LogP contribution >= 0.6 is 0 Å². The van der Waals surface area contributed by atoms with E-state index in [9.17, 15) is 9.90 Å². The number of aromatic nitrogens is 1. The fourth-order valence-corrected chi connectivity index (χ4v) is 5.69. The number of amides is 1. The van der Waals surface area contributed by atoms with Gasteiger partial charge in [0.15, 0.2) is 0 Å². The summed E-state index contributed by atoms with van der Waals surface area (Å²) in [6.07, 6.45) is 6.44. The Morgan fingerprint density at radius 3 is 2.54 bits per heavy atom. The van der Waals surface area contributed by atoms with Crippen molar-refractivity contribution in [1.82, 2.24) is 10.3 Å². The molecular formula is C19H27N3O2. The second-order valence-electron chi connectivity index (χ2n) is 9.02. The van der Waals surface area contributed by atoms with Crippen molar-refractivity contribution in [2.24, 2.45) is 17.6 Å². The van der Waals surface area contributed by atoms with Gasteiger partial charge in [0.05, 0.1) is 5.69 Å². The molecule has 4 aliphatic carbocycles. The predicted molar refractivity (Wildman–Crippen MR) is 91.3 cm³/mol. The molecule has 2 atom stereocenters. The molecule has 24 heavy (non-hydrogen) atoms. The number of carbonyl (C=O) groups excluding carboxylic acids is 1. The van der Waals surface area contributed by atoms with Crippen molar-refractivity contribution in [3.8, 4) is 0 Å². The number of nitrogens with two attached hydrogens (primary N) is 1. The normalized spacial score (nSPS) is 37.5. The van der Waals surface area contributed by atoms with Gasteiger partial charge in [0.25, 0.3) is 5.91 Å². The van der Waals surface area contributed by atoms with Gasteiger partial charge in [-0.2, -0.15) is 0 Å². The molecule has 0 radical (unpaired) electrons. The first-order valence-corrected chi connectivity index (χ1v) is 8.98. The van der Waals surface area contributed by atoms with Crippen LogP contribution in [0.2, 0.25) is 0 Å². The van der Waals surface area contributed by atoms with Crippen LogP contribution in [0.15, 0.2) is 18.2 Å². The van der Waals surface area contributed by atoms with E-state index in [1.807, 2.05) is 0 Å². The Morgan fingerprint density at radius 2 is 1.96 bits per heavy atom. The molecule has 2 unspecified atom stereocenters. The molecule has 1 aromatic rings. The highest BCUT2D eigenvalue weighted by atomic mass is 16.3. The Hall–Kier alpha value is -1.46. The fourth-order valence-electron chi connectivity index (χ4n) is 5.69. The lowest BCUT2D eigenvalue weighted by Crippen LogP contribution is -2.68.